The highest BCUT2D eigenvalue weighted by atomic mass is 16.5. The summed E-state index contributed by atoms with van der Waals surface area (Å²) in [4.78, 5) is 23.5. The Morgan fingerprint density at radius 1 is 1.13 bits per heavy atom. The van der Waals surface area contributed by atoms with E-state index in [2.05, 4.69) is 0 Å². The van der Waals surface area contributed by atoms with E-state index >= 15 is 0 Å². The number of hydrogen-bond acceptors (Lipinski definition) is 4. The Labute approximate surface area is 136 Å². The normalized spacial score (nSPS) is 21.2. The zero-order valence-electron chi connectivity index (χ0n) is 14.2. The molecule has 1 heterocycles. The van der Waals surface area contributed by atoms with Crippen LogP contribution in [0.1, 0.15) is 39.2 Å². The number of hydrogen-bond donors (Lipinski definition) is 0. The van der Waals surface area contributed by atoms with Crippen molar-refractivity contribution in [1.82, 2.24) is 0 Å². The fourth-order valence-electron chi connectivity index (χ4n) is 3.07. The Morgan fingerprint density at radius 3 is 2.22 bits per heavy atom. The van der Waals surface area contributed by atoms with Crippen molar-refractivity contribution in [2.45, 2.75) is 39.7 Å². The molecule has 0 radical (unpaired) electrons. The Hall–Kier alpha value is -2.36. The van der Waals surface area contributed by atoms with Crippen molar-refractivity contribution in [3.05, 3.63) is 52.8 Å². The SMILES string of the molecule is COc1ccc([C@@H]2C(C(C)=O)=C(C)O[C@H]2/C(C)=C\C(C)=O)cc1. The first-order valence-corrected chi connectivity index (χ1v) is 7.56. The summed E-state index contributed by atoms with van der Waals surface area (Å²) in [7, 11) is 1.61. The predicted octanol–water partition coefficient (Wildman–Crippen LogP) is 3.58. The standard InChI is InChI=1S/C19H22O4/c1-11(10-12(2)20)19-18(17(13(3)21)14(4)23-19)15-6-8-16(22-5)9-7-15/h6-10,18-19H,1-5H3/b11-10-/t18-,19+/m1/s1. The van der Waals surface area contributed by atoms with E-state index in [4.69, 9.17) is 9.47 Å². The lowest BCUT2D eigenvalue weighted by Crippen LogP contribution is -2.21. The van der Waals surface area contributed by atoms with Crippen molar-refractivity contribution in [2.24, 2.45) is 0 Å². The Bertz CT molecular complexity index is 680. The maximum Gasteiger partial charge on any atom is 0.159 e. The van der Waals surface area contributed by atoms with Gasteiger partial charge >= 0.3 is 0 Å². The Balaban J connectivity index is 2.49. The van der Waals surface area contributed by atoms with Gasteiger partial charge in [0, 0.05) is 5.57 Å². The van der Waals surface area contributed by atoms with Crippen molar-refractivity contribution in [2.75, 3.05) is 7.11 Å². The van der Waals surface area contributed by atoms with E-state index in [9.17, 15) is 9.59 Å². The number of ether oxygens (including phenoxy) is 2. The molecule has 0 fully saturated rings. The molecular weight excluding hydrogens is 292 g/mol. The second-order valence-corrected chi connectivity index (χ2v) is 5.81. The Morgan fingerprint density at radius 2 is 1.74 bits per heavy atom. The first-order valence-electron chi connectivity index (χ1n) is 7.56. The summed E-state index contributed by atoms with van der Waals surface area (Å²) >= 11 is 0. The van der Waals surface area contributed by atoms with Crippen LogP contribution < -0.4 is 4.74 Å². The van der Waals surface area contributed by atoms with E-state index in [1.54, 1.807) is 27.0 Å². The fourth-order valence-corrected chi connectivity index (χ4v) is 3.07. The number of benzene rings is 1. The van der Waals surface area contributed by atoms with Gasteiger partial charge in [0.1, 0.15) is 17.6 Å². The molecule has 0 unspecified atom stereocenters. The van der Waals surface area contributed by atoms with E-state index in [1.807, 2.05) is 31.2 Å². The molecule has 2 atom stereocenters. The van der Waals surface area contributed by atoms with E-state index in [0.29, 0.717) is 11.3 Å². The van der Waals surface area contributed by atoms with Gasteiger partial charge in [-0.05, 0) is 57.0 Å². The lowest BCUT2D eigenvalue weighted by Gasteiger charge is -2.22. The second-order valence-electron chi connectivity index (χ2n) is 5.81. The van der Waals surface area contributed by atoms with Gasteiger partial charge in [0.2, 0.25) is 0 Å². The lowest BCUT2D eigenvalue weighted by molar-refractivity contribution is -0.114. The molecule has 2 rings (SSSR count). The van der Waals surface area contributed by atoms with Gasteiger partial charge in [0.15, 0.2) is 11.6 Å². The summed E-state index contributed by atoms with van der Waals surface area (Å²) < 4.78 is 11.1. The zero-order valence-corrected chi connectivity index (χ0v) is 14.2. The van der Waals surface area contributed by atoms with Crippen LogP contribution in [0.15, 0.2) is 47.2 Å². The molecular formula is C19H22O4. The first kappa shape index (κ1) is 17.0. The molecule has 23 heavy (non-hydrogen) atoms. The van der Waals surface area contributed by atoms with E-state index < -0.39 is 0 Å². The van der Waals surface area contributed by atoms with Crippen LogP contribution in [0.5, 0.6) is 5.75 Å². The van der Waals surface area contributed by atoms with Crippen LogP contribution in [0.25, 0.3) is 0 Å². The zero-order chi connectivity index (χ0) is 17.1. The highest BCUT2D eigenvalue weighted by molar-refractivity contribution is 5.96. The molecule has 0 aromatic heterocycles. The highest BCUT2D eigenvalue weighted by Gasteiger charge is 2.39. The molecule has 1 aliphatic heterocycles. The van der Waals surface area contributed by atoms with Crippen molar-refractivity contribution in [3.63, 3.8) is 0 Å². The van der Waals surface area contributed by atoms with Crippen molar-refractivity contribution in [3.8, 4) is 5.75 Å². The molecule has 1 aliphatic rings. The van der Waals surface area contributed by atoms with Gasteiger partial charge in [-0.1, -0.05) is 12.1 Å². The smallest absolute Gasteiger partial charge is 0.159 e. The molecule has 1 aromatic carbocycles. The molecule has 0 saturated heterocycles. The van der Waals surface area contributed by atoms with Crippen LogP contribution in [0, 0.1) is 0 Å². The van der Waals surface area contributed by atoms with Gasteiger partial charge in [0.05, 0.1) is 13.0 Å². The molecule has 122 valence electrons. The summed E-state index contributed by atoms with van der Waals surface area (Å²) in [6, 6.07) is 7.59. The van der Waals surface area contributed by atoms with Gasteiger partial charge in [0.25, 0.3) is 0 Å². The Kier molecular flexibility index (Phi) is 5.04. The summed E-state index contributed by atoms with van der Waals surface area (Å²) in [5, 5.41) is 0. The number of carbonyl (C=O) groups excluding carboxylic acids is 2. The number of allylic oxidation sites excluding steroid dienone is 2. The number of ketones is 2. The van der Waals surface area contributed by atoms with Gasteiger partial charge in [-0.3, -0.25) is 9.59 Å². The quantitative estimate of drug-likeness (QED) is 0.780. The van der Waals surface area contributed by atoms with Gasteiger partial charge in [-0.2, -0.15) is 0 Å². The summed E-state index contributed by atoms with van der Waals surface area (Å²) in [5.41, 5.74) is 2.44. The lowest BCUT2D eigenvalue weighted by atomic mass is 9.83. The largest absolute Gasteiger partial charge is 0.497 e. The first-order chi connectivity index (χ1) is 10.8. The summed E-state index contributed by atoms with van der Waals surface area (Å²) in [5.74, 6) is 1.12. The van der Waals surface area contributed by atoms with Crippen molar-refractivity contribution >= 4 is 11.6 Å². The summed E-state index contributed by atoms with van der Waals surface area (Å²) in [6.07, 6.45) is 1.23. The number of methoxy groups -OCH3 is 1. The molecule has 0 aliphatic carbocycles. The maximum atomic E-state index is 12.1. The second kappa shape index (κ2) is 6.82. The minimum atomic E-state index is -0.341. The fraction of sp³-hybridized carbons (Fsp3) is 0.368. The molecule has 0 N–H and O–H groups in total. The van der Waals surface area contributed by atoms with Crippen LogP contribution in [-0.4, -0.2) is 24.8 Å². The molecule has 4 nitrogen and oxygen atoms in total. The van der Waals surface area contributed by atoms with E-state index in [1.165, 1.54) is 6.92 Å². The average Bonchev–Trinajstić information content (AvgIpc) is 2.84. The third-order valence-electron chi connectivity index (χ3n) is 4.03. The third kappa shape index (κ3) is 3.52. The topological polar surface area (TPSA) is 52.6 Å². The molecule has 0 amide bonds. The molecule has 4 heteroatoms. The molecule has 0 spiro atoms. The molecule has 0 saturated carbocycles. The molecule has 1 aromatic rings. The number of rotatable bonds is 5. The van der Waals surface area contributed by atoms with Gasteiger partial charge < -0.3 is 9.47 Å². The summed E-state index contributed by atoms with van der Waals surface area (Å²) in [6.45, 7) is 6.71. The minimum Gasteiger partial charge on any atom is -0.497 e. The van der Waals surface area contributed by atoms with Gasteiger partial charge in [-0.15, -0.1) is 0 Å². The molecule has 0 bridgehead atoms. The monoisotopic (exact) mass is 314 g/mol. The van der Waals surface area contributed by atoms with Crippen molar-refractivity contribution < 1.29 is 19.1 Å². The maximum absolute atomic E-state index is 12.1. The van der Waals surface area contributed by atoms with Crippen LogP contribution >= 0.6 is 0 Å². The van der Waals surface area contributed by atoms with E-state index in [-0.39, 0.29) is 23.6 Å². The number of carbonyl (C=O) groups is 2. The third-order valence-corrected chi connectivity index (χ3v) is 4.03. The predicted molar refractivity (Wildman–Crippen MR) is 88.4 cm³/mol. The van der Waals surface area contributed by atoms with Crippen LogP contribution in [0.2, 0.25) is 0 Å². The number of Topliss-reactive ketones (excluding diaryl/α,β-unsaturated/α-hetero) is 1. The van der Waals surface area contributed by atoms with Gasteiger partial charge in [-0.25, -0.2) is 0 Å². The average molecular weight is 314 g/mol. The van der Waals surface area contributed by atoms with E-state index in [0.717, 1.165) is 16.9 Å². The van der Waals surface area contributed by atoms with Crippen LogP contribution in [0.3, 0.4) is 0 Å². The van der Waals surface area contributed by atoms with Crippen LogP contribution in [0.4, 0.5) is 0 Å². The van der Waals surface area contributed by atoms with Crippen molar-refractivity contribution in [1.29, 1.82) is 0 Å². The van der Waals surface area contributed by atoms with Crippen LogP contribution in [-0.2, 0) is 14.3 Å². The highest BCUT2D eigenvalue weighted by Crippen LogP contribution is 2.42. The minimum absolute atomic E-state index is 0.0126.